The molecule has 1 aliphatic carbocycles. The molecule has 20 heavy (non-hydrogen) atoms. The summed E-state index contributed by atoms with van der Waals surface area (Å²) in [6, 6.07) is 4.83. The molecule has 4 nitrogen and oxygen atoms in total. The van der Waals surface area contributed by atoms with Gasteiger partial charge in [-0.15, -0.1) is 0 Å². The molecule has 1 aromatic heterocycles. The minimum absolute atomic E-state index is 0.0408. The Morgan fingerprint density at radius 3 is 2.90 bits per heavy atom. The van der Waals surface area contributed by atoms with Crippen molar-refractivity contribution in [2.45, 2.75) is 50.6 Å². The van der Waals surface area contributed by atoms with Gasteiger partial charge in [0, 0.05) is 30.9 Å². The number of rotatable bonds is 6. The number of aliphatic hydroxyl groups excluding tert-OH is 1. The van der Waals surface area contributed by atoms with Crippen LogP contribution in [0.15, 0.2) is 18.3 Å². The molecule has 0 aromatic carbocycles. The van der Waals surface area contributed by atoms with Crippen LogP contribution < -0.4 is 10.2 Å². The number of hydrogen-bond donors (Lipinski definition) is 2. The predicted molar refractivity (Wildman–Crippen MR) is 81.0 cm³/mol. The van der Waals surface area contributed by atoms with Crippen LogP contribution in [0.2, 0.25) is 0 Å². The van der Waals surface area contributed by atoms with Crippen molar-refractivity contribution in [1.82, 2.24) is 10.3 Å². The first-order valence-corrected chi connectivity index (χ1v) is 7.83. The Hall–Kier alpha value is -1.13. The second kappa shape index (κ2) is 5.70. The molecular weight excluding hydrogens is 250 g/mol. The van der Waals surface area contributed by atoms with Gasteiger partial charge in [-0.25, -0.2) is 4.98 Å². The normalized spacial score (nSPS) is 24.1. The maximum atomic E-state index is 9.39. The van der Waals surface area contributed by atoms with Gasteiger partial charge in [0.1, 0.15) is 5.82 Å². The average Bonchev–Trinajstić information content (AvgIpc) is 3.09. The largest absolute Gasteiger partial charge is 0.394 e. The van der Waals surface area contributed by atoms with E-state index >= 15 is 0 Å². The fourth-order valence-electron chi connectivity index (χ4n) is 3.06. The van der Waals surface area contributed by atoms with E-state index in [2.05, 4.69) is 34.3 Å². The minimum Gasteiger partial charge on any atom is -0.394 e. The standard InChI is InChI=1S/C16H25N3O/c1-2-3-13-4-5-15(17-10-13)19-9-6-14(11-19)18-16(12-20)7-8-16/h4-5,10,14,18,20H,2-3,6-9,11-12H2,1H3. The SMILES string of the molecule is CCCc1ccc(N2CCC(NC3(CO)CC3)C2)nc1. The van der Waals surface area contributed by atoms with Crippen molar-refractivity contribution in [2.75, 3.05) is 24.6 Å². The average molecular weight is 275 g/mol. The maximum absolute atomic E-state index is 9.39. The highest BCUT2D eigenvalue weighted by molar-refractivity contribution is 5.41. The summed E-state index contributed by atoms with van der Waals surface area (Å²) in [6.07, 6.45) is 7.65. The Morgan fingerprint density at radius 1 is 1.45 bits per heavy atom. The lowest BCUT2D eigenvalue weighted by Gasteiger charge is -2.21. The highest BCUT2D eigenvalue weighted by atomic mass is 16.3. The van der Waals surface area contributed by atoms with Crippen LogP contribution >= 0.6 is 0 Å². The molecule has 4 heteroatoms. The van der Waals surface area contributed by atoms with E-state index in [0.29, 0.717) is 6.04 Å². The van der Waals surface area contributed by atoms with Gasteiger partial charge in [0.2, 0.25) is 0 Å². The molecule has 1 saturated heterocycles. The van der Waals surface area contributed by atoms with Crippen LogP contribution in [0.3, 0.4) is 0 Å². The van der Waals surface area contributed by atoms with Gasteiger partial charge in [-0.1, -0.05) is 19.4 Å². The molecule has 0 bridgehead atoms. The van der Waals surface area contributed by atoms with E-state index in [-0.39, 0.29) is 12.1 Å². The summed E-state index contributed by atoms with van der Waals surface area (Å²) in [4.78, 5) is 6.94. The lowest BCUT2D eigenvalue weighted by Crippen LogP contribution is -2.44. The Bertz CT molecular complexity index is 442. The number of pyridine rings is 1. The third kappa shape index (κ3) is 2.96. The van der Waals surface area contributed by atoms with Crippen LogP contribution in [0.5, 0.6) is 0 Å². The molecule has 110 valence electrons. The van der Waals surface area contributed by atoms with Crippen molar-refractivity contribution in [1.29, 1.82) is 0 Å². The Morgan fingerprint density at radius 2 is 2.30 bits per heavy atom. The van der Waals surface area contributed by atoms with E-state index in [4.69, 9.17) is 0 Å². The summed E-state index contributed by atoms with van der Waals surface area (Å²) >= 11 is 0. The van der Waals surface area contributed by atoms with Crippen LogP contribution in [0.25, 0.3) is 0 Å². The van der Waals surface area contributed by atoms with Crippen LogP contribution in [0, 0.1) is 0 Å². The Labute approximate surface area is 121 Å². The van der Waals surface area contributed by atoms with Crippen LogP contribution in [0.4, 0.5) is 5.82 Å². The molecule has 2 fully saturated rings. The van der Waals surface area contributed by atoms with Crippen molar-refractivity contribution in [3.8, 4) is 0 Å². The number of anilines is 1. The lowest BCUT2D eigenvalue weighted by atomic mass is 10.2. The predicted octanol–water partition coefficient (Wildman–Crippen LogP) is 1.73. The number of nitrogens with one attached hydrogen (secondary N) is 1. The van der Waals surface area contributed by atoms with Gasteiger partial charge in [-0.2, -0.15) is 0 Å². The topological polar surface area (TPSA) is 48.4 Å². The van der Waals surface area contributed by atoms with E-state index in [9.17, 15) is 5.11 Å². The zero-order chi connectivity index (χ0) is 14.0. The van der Waals surface area contributed by atoms with E-state index in [1.54, 1.807) is 0 Å². The van der Waals surface area contributed by atoms with Gasteiger partial charge in [-0.3, -0.25) is 0 Å². The number of aliphatic hydroxyl groups is 1. The first-order valence-electron chi connectivity index (χ1n) is 7.83. The second-order valence-corrected chi connectivity index (χ2v) is 6.29. The van der Waals surface area contributed by atoms with Gasteiger partial charge in [-0.05, 0) is 37.3 Å². The molecule has 0 spiro atoms. The summed E-state index contributed by atoms with van der Waals surface area (Å²) in [6.45, 7) is 4.52. The van der Waals surface area contributed by atoms with Crippen LogP contribution in [-0.4, -0.2) is 41.4 Å². The molecule has 2 N–H and O–H groups in total. The molecule has 3 rings (SSSR count). The molecule has 1 aromatic rings. The van der Waals surface area contributed by atoms with E-state index < -0.39 is 0 Å². The molecule has 2 aliphatic rings. The molecular formula is C16H25N3O. The third-order valence-electron chi connectivity index (χ3n) is 4.53. The van der Waals surface area contributed by atoms with E-state index in [0.717, 1.165) is 44.6 Å². The molecule has 1 saturated carbocycles. The summed E-state index contributed by atoms with van der Waals surface area (Å²) in [5.74, 6) is 1.09. The first-order chi connectivity index (χ1) is 9.74. The highest BCUT2D eigenvalue weighted by Crippen LogP contribution is 2.36. The van der Waals surface area contributed by atoms with E-state index in [1.165, 1.54) is 12.0 Å². The molecule has 1 unspecified atom stereocenters. The zero-order valence-corrected chi connectivity index (χ0v) is 12.3. The smallest absolute Gasteiger partial charge is 0.128 e. The van der Waals surface area contributed by atoms with Crippen molar-refractivity contribution in [3.05, 3.63) is 23.9 Å². The fourth-order valence-corrected chi connectivity index (χ4v) is 3.06. The molecule has 1 atom stereocenters. The molecule has 1 aliphatic heterocycles. The number of nitrogens with zero attached hydrogens (tertiary/aromatic N) is 2. The molecule has 0 radical (unpaired) electrons. The third-order valence-corrected chi connectivity index (χ3v) is 4.53. The monoisotopic (exact) mass is 275 g/mol. The quantitative estimate of drug-likeness (QED) is 0.830. The Balaban J connectivity index is 1.56. The minimum atomic E-state index is 0.0408. The van der Waals surface area contributed by atoms with E-state index in [1.807, 2.05) is 6.20 Å². The van der Waals surface area contributed by atoms with Gasteiger partial charge in [0.25, 0.3) is 0 Å². The van der Waals surface area contributed by atoms with Crippen molar-refractivity contribution < 1.29 is 5.11 Å². The first kappa shape index (κ1) is 13.8. The highest BCUT2D eigenvalue weighted by Gasteiger charge is 2.44. The van der Waals surface area contributed by atoms with Gasteiger partial charge in [0.15, 0.2) is 0 Å². The van der Waals surface area contributed by atoms with Crippen LogP contribution in [0.1, 0.15) is 38.2 Å². The Kier molecular flexibility index (Phi) is 3.94. The van der Waals surface area contributed by atoms with Gasteiger partial charge >= 0.3 is 0 Å². The number of aromatic nitrogens is 1. The molecule has 0 amide bonds. The van der Waals surface area contributed by atoms with Crippen molar-refractivity contribution in [3.63, 3.8) is 0 Å². The molecule has 2 heterocycles. The van der Waals surface area contributed by atoms with Crippen molar-refractivity contribution in [2.24, 2.45) is 0 Å². The number of aryl methyl sites for hydroxylation is 1. The fraction of sp³-hybridized carbons (Fsp3) is 0.688. The maximum Gasteiger partial charge on any atom is 0.128 e. The van der Waals surface area contributed by atoms with Gasteiger partial charge in [0.05, 0.1) is 6.61 Å². The van der Waals surface area contributed by atoms with Crippen LogP contribution in [-0.2, 0) is 6.42 Å². The summed E-state index contributed by atoms with van der Waals surface area (Å²) < 4.78 is 0. The lowest BCUT2D eigenvalue weighted by molar-refractivity contribution is 0.220. The summed E-state index contributed by atoms with van der Waals surface area (Å²) in [5.41, 5.74) is 1.36. The summed E-state index contributed by atoms with van der Waals surface area (Å²) in [5, 5.41) is 13.0. The second-order valence-electron chi connectivity index (χ2n) is 6.29. The summed E-state index contributed by atoms with van der Waals surface area (Å²) in [7, 11) is 0. The zero-order valence-electron chi connectivity index (χ0n) is 12.3. The number of hydrogen-bond acceptors (Lipinski definition) is 4. The van der Waals surface area contributed by atoms with Gasteiger partial charge < -0.3 is 15.3 Å². The van der Waals surface area contributed by atoms with Crippen molar-refractivity contribution >= 4 is 5.82 Å².